The largest absolute Gasteiger partial charge is 0.495 e. The van der Waals surface area contributed by atoms with Gasteiger partial charge in [0.1, 0.15) is 5.75 Å². The minimum Gasteiger partial charge on any atom is -0.495 e. The van der Waals surface area contributed by atoms with E-state index in [1.54, 1.807) is 35.2 Å². The number of benzene rings is 2. The van der Waals surface area contributed by atoms with Gasteiger partial charge >= 0.3 is 0 Å². The van der Waals surface area contributed by atoms with Crippen molar-refractivity contribution in [1.82, 2.24) is 10.2 Å². The van der Waals surface area contributed by atoms with Gasteiger partial charge in [-0.25, -0.2) is 0 Å². The Morgan fingerprint density at radius 3 is 2.43 bits per heavy atom. The normalized spacial score (nSPS) is 22.3. The molecule has 35 heavy (non-hydrogen) atoms. The highest BCUT2D eigenvalue weighted by molar-refractivity contribution is 6.31. The molecule has 0 bridgehead atoms. The lowest BCUT2D eigenvalue weighted by Gasteiger charge is -2.35. The molecule has 0 radical (unpaired) electrons. The lowest BCUT2D eigenvalue weighted by molar-refractivity contribution is -0.126. The molecule has 2 aliphatic rings. The first kappa shape index (κ1) is 25.0. The van der Waals surface area contributed by atoms with Crippen molar-refractivity contribution in [3.8, 4) is 5.75 Å². The van der Waals surface area contributed by atoms with E-state index in [1.807, 2.05) is 30.9 Å². The molecule has 2 saturated heterocycles. The first-order chi connectivity index (χ1) is 16.7. The van der Waals surface area contributed by atoms with Gasteiger partial charge in [-0.2, -0.15) is 0 Å². The fourth-order valence-electron chi connectivity index (χ4n) is 4.62. The lowest BCUT2D eigenvalue weighted by atomic mass is 10.1. The number of carbonyl (C=O) groups is 3. The van der Waals surface area contributed by atoms with Crippen molar-refractivity contribution in [2.45, 2.75) is 39.0 Å². The van der Waals surface area contributed by atoms with Crippen molar-refractivity contribution in [3.05, 3.63) is 58.6 Å². The molecule has 4 rings (SSSR count). The van der Waals surface area contributed by atoms with Gasteiger partial charge in [0.05, 0.1) is 30.9 Å². The summed E-state index contributed by atoms with van der Waals surface area (Å²) >= 11 is 6.10. The number of halogens is 1. The van der Waals surface area contributed by atoms with E-state index >= 15 is 0 Å². The van der Waals surface area contributed by atoms with E-state index < -0.39 is 5.92 Å². The number of hydrogen-bond donors (Lipinski definition) is 1. The number of carbonyl (C=O) groups excluding carboxylic acids is 3. The molecule has 0 saturated carbocycles. The quantitative estimate of drug-likeness (QED) is 0.659. The molecule has 2 aromatic carbocycles. The van der Waals surface area contributed by atoms with E-state index in [2.05, 4.69) is 5.32 Å². The third-order valence-electron chi connectivity index (χ3n) is 6.30. The Kier molecular flexibility index (Phi) is 7.62. The van der Waals surface area contributed by atoms with Crippen LogP contribution in [-0.2, 0) is 20.9 Å². The highest BCUT2D eigenvalue weighted by Crippen LogP contribution is 2.35. The van der Waals surface area contributed by atoms with Crippen LogP contribution >= 0.6 is 11.6 Å². The molecule has 2 fully saturated rings. The molecule has 2 aliphatic heterocycles. The van der Waals surface area contributed by atoms with Gasteiger partial charge in [-0.05, 0) is 49.7 Å². The van der Waals surface area contributed by atoms with Gasteiger partial charge in [0.25, 0.3) is 5.91 Å². The number of methoxy groups -OCH3 is 1. The topological polar surface area (TPSA) is 88.2 Å². The van der Waals surface area contributed by atoms with Crippen LogP contribution in [0, 0.1) is 5.92 Å². The summed E-state index contributed by atoms with van der Waals surface area (Å²) in [6.07, 6.45) is 0.136. The maximum absolute atomic E-state index is 12.8. The van der Waals surface area contributed by atoms with E-state index in [4.69, 9.17) is 21.1 Å². The van der Waals surface area contributed by atoms with Crippen molar-refractivity contribution >= 4 is 35.0 Å². The summed E-state index contributed by atoms with van der Waals surface area (Å²) in [5.74, 6) is -0.320. The van der Waals surface area contributed by atoms with Crippen LogP contribution in [-0.4, -0.2) is 61.6 Å². The molecule has 3 unspecified atom stereocenters. The molecule has 2 aromatic rings. The molecule has 9 heteroatoms. The molecule has 3 amide bonds. The molecule has 8 nitrogen and oxygen atoms in total. The number of ether oxygens (including phenoxy) is 2. The first-order valence-electron chi connectivity index (χ1n) is 11.7. The Hall–Kier alpha value is -3.10. The van der Waals surface area contributed by atoms with Crippen LogP contribution in [0.1, 0.15) is 36.2 Å². The van der Waals surface area contributed by atoms with E-state index in [0.29, 0.717) is 41.7 Å². The molecule has 0 spiro atoms. The van der Waals surface area contributed by atoms with E-state index in [-0.39, 0.29) is 42.9 Å². The third-order valence-corrected chi connectivity index (χ3v) is 6.54. The smallest absolute Gasteiger partial charge is 0.254 e. The Morgan fingerprint density at radius 2 is 1.77 bits per heavy atom. The van der Waals surface area contributed by atoms with E-state index in [9.17, 15) is 14.4 Å². The first-order valence-corrected chi connectivity index (χ1v) is 12.1. The van der Waals surface area contributed by atoms with Crippen LogP contribution < -0.4 is 15.0 Å². The minimum atomic E-state index is -0.475. The predicted octanol–water partition coefficient (Wildman–Crippen LogP) is 3.27. The predicted molar refractivity (Wildman–Crippen MR) is 133 cm³/mol. The molecule has 2 heterocycles. The number of nitrogens with zero attached hydrogens (tertiary/aromatic N) is 2. The van der Waals surface area contributed by atoms with Crippen LogP contribution in [0.2, 0.25) is 5.02 Å². The molecule has 0 aromatic heterocycles. The number of amides is 3. The van der Waals surface area contributed by atoms with Gasteiger partial charge in [-0.1, -0.05) is 23.7 Å². The zero-order valence-electron chi connectivity index (χ0n) is 20.1. The zero-order chi connectivity index (χ0) is 25.1. The second-order valence-corrected chi connectivity index (χ2v) is 9.54. The van der Waals surface area contributed by atoms with E-state index in [1.165, 1.54) is 7.11 Å². The van der Waals surface area contributed by atoms with Gasteiger partial charge < -0.3 is 24.6 Å². The van der Waals surface area contributed by atoms with Gasteiger partial charge in [-0.3, -0.25) is 14.4 Å². The molecule has 0 aliphatic carbocycles. The van der Waals surface area contributed by atoms with Gasteiger partial charge in [-0.15, -0.1) is 0 Å². The fourth-order valence-corrected chi connectivity index (χ4v) is 4.78. The monoisotopic (exact) mass is 499 g/mol. The molecule has 3 atom stereocenters. The summed E-state index contributed by atoms with van der Waals surface area (Å²) in [5, 5.41) is 3.40. The second-order valence-electron chi connectivity index (χ2n) is 9.10. The molecular formula is C26H30ClN3O5. The third kappa shape index (κ3) is 5.77. The maximum Gasteiger partial charge on any atom is 0.254 e. The Bertz CT molecular complexity index is 1100. The van der Waals surface area contributed by atoms with Crippen molar-refractivity contribution < 1.29 is 23.9 Å². The summed E-state index contributed by atoms with van der Waals surface area (Å²) in [6, 6.07) is 12.3. The van der Waals surface area contributed by atoms with E-state index in [0.717, 1.165) is 5.56 Å². The average molecular weight is 500 g/mol. The Labute approximate surface area is 210 Å². The van der Waals surface area contributed by atoms with Crippen molar-refractivity contribution in [3.63, 3.8) is 0 Å². The van der Waals surface area contributed by atoms with Crippen molar-refractivity contribution in [1.29, 1.82) is 0 Å². The summed E-state index contributed by atoms with van der Waals surface area (Å²) in [6.45, 7) is 5.63. The van der Waals surface area contributed by atoms with Crippen LogP contribution in [0.4, 0.5) is 5.69 Å². The summed E-state index contributed by atoms with van der Waals surface area (Å²) in [4.78, 5) is 41.6. The van der Waals surface area contributed by atoms with Gasteiger partial charge in [0.15, 0.2) is 0 Å². The Morgan fingerprint density at radius 1 is 1.09 bits per heavy atom. The highest BCUT2D eigenvalue weighted by Gasteiger charge is 2.36. The van der Waals surface area contributed by atoms with Crippen LogP contribution in [0.3, 0.4) is 0 Å². The average Bonchev–Trinajstić information content (AvgIpc) is 3.23. The molecule has 186 valence electrons. The van der Waals surface area contributed by atoms with Crippen LogP contribution in [0.5, 0.6) is 5.75 Å². The molecule has 1 N–H and O–H groups in total. The minimum absolute atomic E-state index is 0.00976. The number of hydrogen-bond acceptors (Lipinski definition) is 5. The standard InChI is InChI=1S/C26H30ClN3O5/c1-16-13-29(14-17(2)35-16)26(33)19-6-4-18(5-7-19)12-28-25(32)20-10-24(31)30(15-20)22-11-21(27)8-9-23(22)34-3/h4-9,11,16-17,20H,10,12-15H2,1-3H3,(H,28,32). The number of nitrogens with one attached hydrogen (secondary N) is 1. The number of anilines is 1. The van der Waals surface area contributed by atoms with Crippen molar-refractivity contribution in [2.24, 2.45) is 5.92 Å². The van der Waals surface area contributed by atoms with Crippen LogP contribution in [0.25, 0.3) is 0 Å². The zero-order valence-corrected chi connectivity index (χ0v) is 20.9. The second kappa shape index (κ2) is 10.7. The summed E-state index contributed by atoms with van der Waals surface area (Å²) in [5.41, 5.74) is 2.04. The number of morpholine rings is 1. The molecular weight excluding hydrogens is 470 g/mol. The fraction of sp³-hybridized carbons (Fsp3) is 0.423. The van der Waals surface area contributed by atoms with Gasteiger partial charge in [0.2, 0.25) is 11.8 Å². The Balaban J connectivity index is 1.33. The van der Waals surface area contributed by atoms with Gasteiger partial charge in [0, 0.05) is 43.2 Å². The maximum atomic E-state index is 12.8. The number of rotatable bonds is 6. The SMILES string of the molecule is COc1ccc(Cl)cc1N1CC(C(=O)NCc2ccc(C(=O)N3CC(C)OC(C)C3)cc2)CC1=O. The van der Waals surface area contributed by atoms with Crippen molar-refractivity contribution in [2.75, 3.05) is 31.6 Å². The summed E-state index contributed by atoms with van der Waals surface area (Å²) in [7, 11) is 1.53. The summed E-state index contributed by atoms with van der Waals surface area (Å²) < 4.78 is 11.1. The van der Waals surface area contributed by atoms with Crippen LogP contribution in [0.15, 0.2) is 42.5 Å². The lowest BCUT2D eigenvalue weighted by Crippen LogP contribution is -2.48. The highest BCUT2D eigenvalue weighted by atomic mass is 35.5.